The molecule has 1 aliphatic rings. The zero-order valence-electron chi connectivity index (χ0n) is 10.8. The van der Waals surface area contributed by atoms with Crippen LogP contribution in [0.5, 0.6) is 0 Å². The Kier molecular flexibility index (Phi) is 3.33. The first-order chi connectivity index (χ1) is 7.97. The van der Waals surface area contributed by atoms with Crippen molar-refractivity contribution in [2.45, 2.75) is 45.1 Å². The van der Waals surface area contributed by atoms with Gasteiger partial charge in [0.05, 0.1) is 24.2 Å². The molecular weight excluding hydrogens is 214 g/mol. The maximum atomic E-state index is 9.64. The average Bonchev–Trinajstić information content (AvgIpc) is 2.28. The number of hydrogen-bond donors (Lipinski definition) is 1. The Bertz CT molecular complexity index is 369. The van der Waals surface area contributed by atoms with E-state index in [9.17, 15) is 5.11 Å². The minimum Gasteiger partial charge on any atom is -0.391 e. The van der Waals surface area contributed by atoms with Gasteiger partial charge in [-0.15, -0.1) is 0 Å². The molecule has 1 atom stereocenters. The number of β-amino-alcohol motifs (C(OH)–C–C–N with tert-alkyl or cyclic N) is 1. The summed E-state index contributed by atoms with van der Waals surface area (Å²) >= 11 is 0. The minimum atomic E-state index is -0.217. The predicted octanol–water partition coefficient (Wildman–Crippen LogP) is 1.74. The highest BCUT2D eigenvalue weighted by Gasteiger charge is 2.20. The summed E-state index contributed by atoms with van der Waals surface area (Å²) < 4.78 is 0. The van der Waals surface area contributed by atoms with Gasteiger partial charge in [-0.3, -0.25) is 0 Å². The molecule has 1 saturated heterocycles. The summed E-state index contributed by atoms with van der Waals surface area (Å²) in [4.78, 5) is 11.0. The van der Waals surface area contributed by atoms with Crippen LogP contribution in [0.2, 0.25) is 0 Å². The molecule has 1 fully saturated rings. The summed E-state index contributed by atoms with van der Waals surface area (Å²) in [6, 6.07) is 0. The number of aromatic nitrogens is 2. The lowest BCUT2D eigenvalue weighted by atomic mass is 9.96. The van der Waals surface area contributed by atoms with Crippen molar-refractivity contribution >= 4 is 5.69 Å². The molecule has 0 saturated carbocycles. The molecule has 1 N–H and O–H groups in total. The molecule has 17 heavy (non-hydrogen) atoms. The van der Waals surface area contributed by atoms with Crippen molar-refractivity contribution in [3.05, 3.63) is 18.2 Å². The number of aliphatic hydroxyl groups excluding tert-OH is 1. The highest BCUT2D eigenvalue weighted by atomic mass is 16.3. The number of nitrogens with zero attached hydrogens (tertiary/aromatic N) is 3. The third kappa shape index (κ3) is 2.94. The van der Waals surface area contributed by atoms with Crippen LogP contribution in [0.15, 0.2) is 12.4 Å². The van der Waals surface area contributed by atoms with E-state index in [2.05, 4.69) is 35.6 Å². The van der Waals surface area contributed by atoms with Crippen LogP contribution in [-0.2, 0) is 5.41 Å². The Morgan fingerprint density at radius 2 is 1.94 bits per heavy atom. The fraction of sp³-hybridized carbons (Fsp3) is 0.692. The van der Waals surface area contributed by atoms with E-state index in [4.69, 9.17) is 0 Å². The van der Waals surface area contributed by atoms with Crippen molar-refractivity contribution in [1.82, 2.24) is 9.97 Å². The van der Waals surface area contributed by atoms with Crippen LogP contribution in [0.1, 0.15) is 39.4 Å². The van der Waals surface area contributed by atoms with Crippen LogP contribution < -0.4 is 4.90 Å². The SMILES string of the molecule is CC(C)(C)c1ncc(N2CCCC(O)C2)cn1. The summed E-state index contributed by atoms with van der Waals surface area (Å²) in [6.07, 6.45) is 5.45. The van der Waals surface area contributed by atoms with Crippen molar-refractivity contribution in [2.75, 3.05) is 18.0 Å². The number of piperidine rings is 1. The molecule has 0 aliphatic carbocycles. The minimum absolute atomic E-state index is 0.0139. The lowest BCUT2D eigenvalue weighted by Gasteiger charge is -2.31. The van der Waals surface area contributed by atoms with Crippen molar-refractivity contribution in [3.63, 3.8) is 0 Å². The smallest absolute Gasteiger partial charge is 0.133 e. The van der Waals surface area contributed by atoms with Gasteiger partial charge in [0.15, 0.2) is 0 Å². The largest absolute Gasteiger partial charge is 0.391 e. The van der Waals surface area contributed by atoms with E-state index in [0.29, 0.717) is 6.54 Å². The third-order valence-corrected chi connectivity index (χ3v) is 3.07. The van der Waals surface area contributed by atoms with Crippen LogP contribution in [0.25, 0.3) is 0 Å². The van der Waals surface area contributed by atoms with Crippen LogP contribution in [0, 0.1) is 0 Å². The quantitative estimate of drug-likeness (QED) is 0.805. The Balaban J connectivity index is 2.12. The van der Waals surface area contributed by atoms with Gasteiger partial charge in [0.1, 0.15) is 5.82 Å². The second kappa shape index (κ2) is 4.61. The van der Waals surface area contributed by atoms with Gasteiger partial charge in [-0.2, -0.15) is 0 Å². The van der Waals surface area contributed by atoms with Crippen molar-refractivity contribution in [2.24, 2.45) is 0 Å². The molecule has 0 bridgehead atoms. The fourth-order valence-corrected chi connectivity index (χ4v) is 2.06. The molecule has 0 amide bonds. The molecule has 0 spiro atoms. The van der Waals surface area contributed by atoms with Gasteiger partial charge in [0.2, 0.25) is 0 Å². The van der Waals surface area contributed by atoms with Crippen LogP contribution in [0.4, 0.5) is 5.69 Å². The van der Waals surface area contributed by atoms with Crippen LogP contribution in [0.3, 0.4) is 0 Å². The maximum absolute atomic E-state index is 9.64. The standard InChI is InChI=1S/C13H21N3O/c1-13(2,3)12-14-7-10(8-15-12)16-6-4-5-11(17)9-16/h7-8,11,17H,4-6,9H2,1-3H3. The van der Waals surface area contributed by atoms with E-state index in [0.717, 1.165) is 30.9 Å². The number of rotatable bonds is 1. The zero-order valence-corrected chi connectivity index (χ0v) is 10.8. The van der Waals surface area contributed by atoms with E-state index < -0.39 is 0 Å². The summed E-state index contributed by atoms with van der Waals surface area (Å²) in [6.45, 7) is 7.99. The Labute approximate surface area is 103 Å². The Morgan fingerprint density at radius 1 is 1.29 bits per heavy atom. The highest BCUT2D eigenvalue weighted by Crippen LogP contribution is 2.21. The van der Waals surface area contributed by atoms with Crippen molar-refractivity contribution < 1.29 is 5.11 Å². The zero-order chi connectivity index (χ0) is 12.5. The van der Waals surface area contributed by atoms with Gasteiger partial charge >= 0.3 is 0 Å². The molecule has 1 aromatic rings. The van der Waals surface area contributed by atoms with Gasteiger partial charge in [0, 0.05) is 18.5 Å². The van der Waals surface area contributed by atoms with E-state index in [1.54, 1.807) is 0 Å². The summed E-state index contributed by atoms with van der Waals surface area (Å²) in [5, 5.41) is 9.64. The van der Waals surface area contributed by atoms with Gasteiger partial charge in [-0.05, 0) is 12.8 Å². The number of aliphatic hydroxyl groups is 1. The molecule has 4 heteroatoms. The molecule has 2 heterocycles. The van der Waals surface area contributed by atoms with Crippen molar-refractivity contribution in [3.8, 4) is 0 Å². The van der Waals surface area contributed by atoms with Gasteiger partial charge in [-0.25, -0.2) is 9.97 Å². The molecule has 4 nitrogen and oxygen atoms in total. The van der Waals surface area contributed by atoms with Crippen molar-refractivity contribution in [1.29, 1.82) is 0 Å². The third-order valence-electron chi connectivity index (χ3n) is 3.07. The molecule has 2 rings (SSSR count). The van der Waals surface area contributed by atoms with E-state index in [-0.39, 0.29) is 11.5 Å². The molecular formula is C13H21N3O. The maximum Gasteiger partial charge on any atom is 0.133 e. The number of anilines is 1. The second-order valence-electron chi connectivity index (χ2n) is 5.76. The van der Waals surface area contributed by atoms with E-state index >= 15 is 0 Å². The molecule has 0 radical (unpaired) electrons. The molecule has 1 aliphatic heterocycles. The van der Waals surface area contributed by atoms with Crippen LogP contribution >= 0.6 is 0 Å². The van der Waals surface area contributed by atoms with E-state index in [1.807, 2.05) is 12.4 Å². The van der Waals surface area contributed by atoms with Gasteiger partial charge in [0.25, 0.3) is 0 Å². The highest BCUT2D eigenvalue weighted by molar-refractivity contribution is 5.42. The Hall–Kier alpha value is -1.16. The first-order valence-corrected chi connectivity index (χ1v) is 6.22. The summed E-state index contributed by atoms with van der Waals surface area (Å²) in [7, 11) is 0. The molecule has 1 aromatic heterocycles. The fourth-order valence-electron chi connectivity index (χ4n) is 2.06. The average molecular weight is 235 g/mol. The molecule has 94 valence electrons. The summed E-state index contributed by atoms with van der Waals surface area (Å²) in [5.41, 5.74) is 0.997. The lowest BCUT2D eigenvalue weighted by Crippen LogP contribution is -2.38. The lowest BCUT2D eigenvalue weighted by molar-refractivity contribution is 0.154. The van der Waals surface area contributed by atoms with E-state index in [1.165, 1.54) is 0 Å². The normalized spacial score (nSPS) is 21.6. The second-order valence-corrected chi connectivity index (χ2v) is 5.76. The van der Waals surface area contributed by atoms with Crippen LogP contribution in [-0.4, -0.2) is 34.3 Å². The molecule has 1 unspecified atom stereocenters. The number of hydrogen-bond acceptors (Lipinski definition) is 4. The Morgan fingerprint density at radius 3 is 2.47 bits per heavy atom. The first-order valence-electron chi connectivity index (χ1n) is 6.22. The summed E-state index contributed by atoms with van der Waals surface area (Å²) in [5.74, 6) is 0.860. The predicted molar refractivity (Wildman–Crippen MR) is 68.2 cm³/mol. The monoisotopic (exact) mass is 235 g/mol. The molecule has 0 aromatic carbocycles. The first kappa shape index (κ1) is 12.3. The van der Waals surface area contributed by atoms with Gasteiger partial charge in [-0.1, -0.05) is 20.8 Å². The van der Waals surface area contributed by atoms with Gasteiger partial charge < -0.3 is 10.0 Å². The topological polar surface area (TPSA) is 49.2 Å².